The lowest BCUT2D eigenvalue weighted by Gasteiger charge is -2.14. The van der Waals surface area contributed by atoms with Crippen molar-refractivity contribution in [2.45, 2.75) is 6.42 Å². The van der Waals surface area contributed by atoms with Crippen molar-refractivity contribution in [3.05, 3.63) is 99.1 Å². The summed E-state index contributed by atoms with van der Waals surface area (Å²) in [7, 11) is 0. The summed E-state index contributed by atoms with van der Waals surface area (Å²) in [6.07, 6.45) is 0.723. The summed E-state index contributed by atoms with van der Waals surface area (Å²) in [6.45, 7) is 0.433. The van der Waals surface area contributed by atoms with Crippen LogP contribution in [-0.4, -0.2) is 23.5 Å². The number of thiocarbonyl (C=S) groups is 1. The zero-order chi connectivity index (χ0) is 22.1. The molecule has 0 aliphatic heterocycles. The molecule has 0 heterocycles. The van der Waals surface area contributed by atoms with Crippen molar-refractivity contribution in [2.75, 3.05) is 6.61 Å². The number of rotatable bonds is 6. The summed E-state index contributed by atoms with van der Waals surface area (Å²) in [4.78, 5) is 24.9. The maximum atomic E-state index is 12.6. The number of ether oxygens (including phenoxy) is 1. The lowest BCUT2D eigenvalue weighted by atomic mass is 10.1. The Hall–Kier alpha value is -2.98. The molecule has 3 aromatic carbocycles. The summed E-state index contributed by atoms with van der Waals surface area (Å²) >= 11 is 7.20. The predicted octanol–water partition coefficient (Wildman–Crippen LogP) is 3.86. The van der Waals surface area contributed by atoms with Gasteiger partial charge in [-0.2, -0.15) is 0 Å². The molecule has 8 heteroatoms. The smallest absolute Gasteiger partial charge is 0.270 e. The largest absolute Gasteiger partial charge is 0.492 e. The Bertz CT molecular complexity index is 1080. The van der Waals surface area contributed by atoms with E-state index in [1.807, 2.05) is 42.5 Å². The molecule has 0 fully saturated rings. The minimum atomic E-state index is -0.434. The molecule has 0 radical (unpaired) electrons. The van der Waals surface area contributed by atoms with Crippen molar-refractivity contribution in [3.8, 4) is 5.75 Å². The van der Waals surface area contributed by atoms with Gasteiger partial charge in [0.1, 0.15) is 5.75 Å². The highest BCUT2D eigenvalue weighted by Crippen LogP contribution is 2.18. The van der Waals surface area contributed by atoms with Gasteiger partial charge in [0.15, 0.2) is 5.11 Å². The number of carbonyl (C=O) groups is 2. The second-order valence-electron chi connectivity index (χ2n) is 6.42. The molecule has 3 rings (SSSR count). The van der Waals surface area contributed by atoms with Gasteiger partial charge in [0, 0.05) is 9.99 Å². The van der Waals surface area contributed by atoms with E-state index in [1.165, 1.54) is 0 Å². The maximum absolute atomic E-state index is 12.6. The third-order valence-corrected chi connectivity index (χ3v) is 5.40. The topological polar surface area (TPSA) is 79.5 Å². The average molecular weight is 545 g/mol. The number of benzene rings is 3. The van der Waals surface area contributed by atoms with Crippen molar-refractivity contribution in [1.82, 2.24) is 16.2 Å². The molecule has 3 N–H and O–H groups in total. The van der Waals surface area contributed by atoms with Gasteiger partial charge in [-0.05, 0) is 64.6 Å². The number of hydrogen-bond donors (Lipinski definition) is 3. The molecule has 0 atom stereocenters. The summed E-state index contributed by atoms with van der Waals surface area (Å²) in [5.74, 6) is -0.329. The van der Waals surface area contributed by atoms with Crippen LogP contribution in [0.4, 0.5) is 0 Å². The number of para-hydroxylation sites is 1. The van der Waals surface area contributed by atoms with Gasteiger partial charge in [0.05, 0.1) is 17.7 Å². The normalized spacial score (nSPS) is 10.1. The van der Waals surface area contributed by atoms with Gasteiger partial charge in [-0.25, -0.2) is 0 Å². The molecule has 0 saturated heterocycles. The number of hydrazine groups is 1. The van der Waals surface area contributed by atoms with E-state index in [0.717, 1.165) is 15.6 Å². The SMILES string of the molecule is O=C(NNC(=S)NC(=O)c1ccccc1OCCc1ccccc1)c1ccccc1I. The van der Waals surface area contributed by atoms with Crippen LogP contribution in [0.25, 0.3) is 0 Å². The Kier molecular flexibility index (Phi) is 8.36. The molecule has 2 amide bonds. The molecule has 0 spiro atoms. The molecule has 0 unspecified atom stereocenters. The van der Waals surface area contributed by atoms with Crippen molar-refractivity contribution >= 4 is 51.7 Å². The molecule has 0 aliphatic carbocycles. The Labute approximate surface area is 199 Å². The fourth-order valence-electron chi connectivity index (χ4n) is 2.73. The second kappa shape index (κ2) is 11.4. The predicted molar refractivity (Wildman–Crippen MR) is 132 cm³/mol. The minimum absolute atomic E-state index is 0.0247. The quantitative estimate of drug-likeness (QED) is 0.249. The third kappa shape index (κ3) is 6.76. The monoisotopic (exact) mass is 545 g/mol. The number of halogens is 1. The van der Waals surface area contributed by atoms with Crippen LogP contribution in [-0.2, 0) is 6.42 Å². The van der Waals surface area contributed by atoms with Gasteiger partial charge < -0.3 is 4.74 Å². The van der Waals surface area contributed by atoms with Crippen LogP contribution in [0.2, 0.25) is 0 Å². The second-order valence-corrected chi connectivity index (χ2v) is 7.99. The summed E-state index contributed by atoms with van der Waals surface area (Å²) < 4.78 is 6.62. The van der Waals surface area contributed by atoms with Crippen molar-refractivity contribution in [2.24, 2.45) is 0 Å². The van der Waals surface area contributed by atoms with Gasteiger partial charge in [-0.15, -0.1) is 0 Å². The fourth-order valence-corrected chi connectivity index (χ4v) is 3.51. The van der Waals surface area contributed by atoms with Crippen LogP contribution in [0.3, 0.4) is 0 Å². The Morgan fingerprint density at radius 1 is 0.806 bits per heavy atom. The molecule has 6 nitrogen and oxygen atoms in total. The molecule has 0 saturated carbocycles. The van der Waals surface area contributed by atoms with Crippen molar-refractivity contribution in [1.29, 1.82) is 0 Å². The van der Waals surface area contributed by atoms with Gasteiger partial charge >= 0.3 is 0 Å². The van der Waals surface area contributed by atoms with Crippen molar-refractivity contribution < 1.29 is 14.3 Å². The highest BCUT2D eigenvalue weighted by molar-refractivity contribution is 14.1. The zero-order valence-corrected chi connectivity index (χ0v) is 19.4. The summed E-state index contributed by atoms with van der Waals surface area (Å²) in [6, 6.07) is 24.0. The number of amides is 2. The zero-order valence-electron chi connectivity index (χ0n) is 16.4. The molecular formula is C23H20IN3O3S. The first kappa shape index (κ1) is 22.7. The van der Waals surface area contributed by atoms with Crippen molar-refractivity contribution in [3.63, 3.8) is 0 Å². The van der Waals surface area contributed by atoms with Gasteiger partial charge in [-0.3, -0.25) is 25.8 Å². The molecule has 158 valence electrons. The number of nitrogens with one attached hydrogen (secondary N) is 3. The first-order valence-corrected chi connectivity index (χ1v) is 11.0. The highest BCUT2D eigenvalue weighted by Gasteiger charge is 2.15. The van der Waals surface area contributed by atoms with Gasteiger partial charge in [0.25, 0.3) is 11.8 Å². The van der Waals surface area contributed by atoms with E-state index in [2.05, 4.69) is 38.8 Å². The van der Waals surface area contributed by atoms with Gasteiger partial charge in [0.2, 0.25) is 0 Å². The Morgan fingerprint density at radius 2 is 1.45 bits per heavy atom. The van der Waals surface area contributed by atoms with Crippen LogP contribution >= 0.6 is 34.8 Å². The molecule has 3 aromatic rings. The van der Waals surface area contributed by atoms with Crippen LogP contribution in [0, 0.1) is 3.57 Å². The molecule has 0 aliphatic rings. The van der Waals surface area contributed by atoms with E-state index < -0.39 is 5.91 Å². The maximum Gasteiger partial charge on any atom is 0.270 e. The summed E-state index contributed by atoms with van der Waals surface area (Å²) in [5, 5.41) is 2.53. The fraction of sp³-hybridized carbons (Fsp3) is 0.0870. The van der Waals surface area contributed by atoms with E-state index in [4.69, 9.17) is 17.0 Å². The first-order chi connectivity index (χ1) is 15.0. The summed E-state index contributed by atoms with van der Waals surface area (Å²) in [5.41, 5.74) is 7.04. The Morgan fingerprint density at radius 3 is 2.19 bits per heavy atom. The molecule has 0 bridgehead atoms. The van der Waals surface area contributed by atoms with Crippen LogP contribution in [0.5, 0.6) is 5.75 Å². The third-order valence-electron chi connectivity index (χ3n) is 4.26. The van der Waals surface area contributed by atoms with Crippen LogP contribution in [0.1, 0.15) is 26.3 Å². The van der Waals surface area contributed by atoms with E-state index in [1.54, 1.807) is 36.4 Å². The Balaban J connectivity index is 1.53. The first-order valence-electron chi connectivity index (χ1n) is 9.46. The standard InChI is InChI=1S/C23H20IN3O3S/c24-19-12-6-4-10-17(19)22(29)26-27-23(31)25-21(28)18-11-5-7-13-20(18)30-15-14-16-8-2-1-3-9-16/h1-13H,14-15H2,(H,26,29)(H2,25,27,28,31). The number of hydrogen-bond acceptors (Lipinski definition) is 4. The molecule has 31 heavy (non-hydrogen) atoms. The van der Waals surface area contributed by atoms with E-state index in [9.17, 15) is 9.59 Å². The lowest BCUT2D eigenvalue weighted by Crippen LogP contribution is -2.48. The van der Waals surface area contributed by atoms with E-state index in [-0.39, 0.29) is 11.0 Å². The van der Waals surface area contributed by atoms with E-state index in [0.29, 0.717) is 23.5 Å². The van der Waals surface area contributed by atoms with E-state index >= 15 is 0 Å². The van der Waals surface area contributed by atoms with Crippen LogP contribution in [0.15, 0.2) is 78.9 Å². The van der Waals surface area contributed by atoms with Gasteiger partial charge in [-0.1, -0.05) is 54.6 Å². The number of carbonyl (C=O) groups excluding carboxylic acids is 2. The molecular weight excluding hydrogens is 525 g/mol. The van der Waals surface area contributed by atoms with Crippen LogP contribution < -0.4 is 20.9 Å². The minimum Gasteiger partial charge on any atom is -0.492 e. The average Bonchev–Trinajstić information content (AvgIpc) is 2.79. The molecule has 0 aromatic heterocycles. The lowest BCUT2D eigenvalue weighted by molar-refractivity contribution is 0.0933. The highest BCUT2D eigenvalue weighted by atomic mass is 127.